The van der Waals surface area contributed by atoms with Crippen molar-refractivity contribution >= 4 is 136 Å². The highest BCUT2D eigenvalue weighted by atomic mass is 32.2. The van der Waals surface area contributed by atoms with Crippen LogP contribution in [0.2, 0.25) is 0 Å². The number of phenols is 1. The van der Waals surface area contributed by atoms with Gasteiger partial charge in [-0.05, 0) is 48.9 Å². The van der Waals surface area contributed by atoms with Crippen molar-refractivity contribution in [2.24, 2.45) is 10.2 Å². The minimum Gasteiger partial charge on any atom is -0.505 e. The highest BCUT2D eigenvalue weighted by molar-refractivity contribution is 7.94. The van der Waals surface area contributed by atoms with E-state index in [1.165, 1.54) is 62.5 Å². The maximum Gasteiger partial charge on any atom is 0.296 e. The van der Waals surface area contributed by atoms with Gasteiger partial charge in [0.2, 0.25) is 10.0 Å². The van der Waals surface area contributed by atoms with Gasteiger partial charge >= 0.3 is 0 Å². The molecule has 27 heteroatoms. The Bertz CT molecular complexity index is 5300. The Hall–Kier alpha value is -9.48. The van der Waals surface area contributed by atoms with Crippen LogP contribution in [-0.4, -0.2) is 102 Å². The minimum absolute atomic E-state index is 0.0207. The van der Waals surface area contributed by atoms with Crippen molar-refractivity contribution in [3.8, 4) is 28.5 Å². The number of nitrogens with one attached hydrogen (secondary N) is 3. The van der Waals surface area contributed by atoms with Crippen LogP contribution in [0.3, 0.4) is 0 Å². The largest absolute Gasteiger partial charge is 0.505 e. The van der Waals surface area contributed by atoms with Crippen molar-refractivity contribution in [1.29, 1.82) is 0 Å². The van der Waals surface area contributed by atoms with Crippen molar-refractivity contribution in [3.63, 3.8) is 0 Å². The number of sulfonamides is 1. The Morgan fingerprint density at radius 1 is 0.506 bits per heavy atom. The molecule has 0 saturated heterocycles. The number of nitrogens with zero attached hydrogens (tertiary/aromatic N) is 8. The summed E-state index contributed by atoms with van der Waals surface area (Å²) >= 11 is 0. The summed E-state index contributed by atoms with van der Waals surface area (Å²) in [6.45, 7) is 2.60. The van der Waals surface area contributed by atoms with Gasteiger partial charge in [-0.15, -0.1) is 10.2 Å². The molecular weight excluding hydrogens is 1150 g/mol. The topological polar surface area (TPSA) is 363 Å². The predicted molar refractivity (Wildman–Crippen MR) is 312 cm³/mol. The van der Waals surface area contributed by atoms with E-state index >= 15 is 8.42 Å². The third-order valence-corrected chi connectivity index (χ3v) is 19.6. The zero-order valence-electron chi connectivity index (χ0n) is 42.8. The highest BCUT2D eigenvalue weighted by Crippen LogP contribution is 2.47. The first-order valence-electron chi connectivity index (χ1n) is 24.8. The second-order valence-electron chi connectivity index (χ2n) is 19.9. The molecule has 0 saturated carbocycles. The highest BCUT2D eigenvalue weighted by Gasteiger charge is 2.39. The van der Waals surface area contributed by atoms with E-state index in [2.05, 4.69) is 24.9 Å². The van der Waals surface area contributed by atoms with Gasteiger partial charge in [0.25, 0.3) is 30.4 Å². The van der Waals surface area contributed by atoms with Crippen molar-refractivity contribution in [1.82, 2.24) is 39.9 Å². The molecule has 0 radical (unpaired) electrons. The Balaban J connectivity index is 0.995. The van der Waals surface area contributed by atoms with Crippen LogP contribution >= 0.6 is 0 Å². The lowest BCUT2D eigenvalue weighted by atomic mass is 10.1. The van der Waals surface area contributed by atoms with Crippen molar-refractivity contribution in [3.05, 3.63) is 168 Å². The van der Waals surface area contributed by atoms with Crippen LogP contribution in [0.1, 0.15) is 36.6 Å². The molecule has 3 aromatic heterocycles. The van der Waals surface area contributed by atoms with Gasteiger partial charge < -0.3 is 15.1 Å². The normalized spacial score (nSPS) is 17.9. The zero-order valence-corrected chi connectivity index (χ0v) is 46.0. The summed E-state index contributed by atoms with van der Waals surface area (Å²) in [7, 11) is -20.1. The molecule has 5 heterocycles. The quantitative estimate of drug-likeness (QED) is 0.0549. The maximum atomic E-state index is 15.2. The number of hydrogen-bond acceptors (Lipinski definition) is 17. The number of aromatic hydroxyl groups is 1. The molecule has 13 rings (SSSR count). The molecule has 2 aliphatic heterocycles. The van der Waals surface area contributed by atoms with Gasteiger partial charge in [0.1, 0.15) is 42.7 Å². The first-order chi connectivity index (χ1) is 39.4. The second-order valence-corrected chi connectivity index (χ2v) is 26.7. The number of rotatable bonds is 8. The summed E-state index contributed by atoms with van der Waals surface area (Å²) in [5.74, 6) is -0.468. The van der Waals surface area contributed by atoms with Crippen LogP contribution in [0.4, 0.5) is 17.1 Å². The predicted octanol–water partition coefficient (Wildman–Crippen LogP) is 10.2. The minimum atomic E-state index is -5.29. The third kappa shape index (κ3) is 8.88. The number of aromatic amines is 2. The Morgan fingerprint density at radius 2 is 1.01 bits per heavy atom. The smallest absolute Gasteiger partial charge is 0.296 e. The van der Waals surface area contributed by atoms with Gasteiger partial charge in [-0.25, -0.2) is 38.3 Å². The number of fused-ring (bicyclic) bond motifs is 21. The fourth-order valence-corrected chi connectivity index (χ4v) is 12.9. The lowest BCUT2D eigenvalue weighted by Gasteiger charge is -2.24. The fraction of sp³-hybridized carbons (Fsp3) is 0.0714. The Labute approximate surface area is 470 Å². The SMILES string of the molecule is CC1(S(=O)(=O)O)C=Cc2c(c3nc4nc(nc5[nH]c(nc6nc(nc2[nH]3)C2=C6C=CC(C)(S(=O)(=O)Nc3cc(S(=O)(=O)O)cc6cc(S(=O)(=O)O)c(N=Nc7cccc8ccccc78)c(O)c36)C=C2)c2ccccc52)-c2ccccc2-4)C=C1. The van der Waals surface area contributed by atoms with Crippen molar-refractivity contribution in [2.75, 3.05) is 4.72 Å². The molecule has 83 heavy (non-hydrogen) atoms. The number of anilines is 1. The van der Waals surface area contributed by atoms with Gasteiger partial charge in [-0.2, -0.15) is 25.3 Å². The van der Waals surface area contributed by atoms with E-state index in [1.807, 2.05) is 48.5 Å². The molecule has 2 atom stereocenters. The third-order valence-electron chi connectivity index (χ3n) is 14.6. The summed E-state index contributed by atoms with van der Waals surface area (Å²) < 4.78 is 137. The average Bonchev–Trinajstić information content (AvgIpc) is 3.37. The van der Waals surface area contributed by atoms with Gasteiger partial charge in [-0.3, -0.25) is 18.4 Å². The molecule has 7 N–H and O–H groups in total. The molecule has 6 aromatic carbocycles. The van der Waals surface area contributed by atoms with Crippen LogP contribution < -0.4 is 4.72 Å². The number of phenolic OH excluding ortho intramolecular Hbond substituents is 1. The molecular formula is C56H39N11O12S4. The molecule has 414 valence electrons. The zero-order chi connectivity index (χ0) is 58.2. The first kappa shape index (κ1) is 52.9. The molecule has 2 aliphatic carbocycles. The molecule has 23 nitrogen and oxygen atoms in total. The Morgan fingerprint density at radius 3 is 1.60 bits per heavy atom. The molecule has 0 amide bonds. The number of azo groups is 1. The van der Waals surface area contributed by atoms with Gasteiger partial charge in [0, 0.05) is 49.6 Å². The van der Waals surface area contributed by atoms with Crippen molar-refractivity contribution < 1.29 is 52.4 Å². The number of hydrogen-bond donors (Lipinski definition) is 7. The molecule has 8 bridgehead atoms. The van der Waals surface area contributed by atoms with Crippen LogP contribution in [0.15, 0.2) is 166 Å². The van der Waals surface area contributed by atoms with E-state index < -0.39 is 87.6 Å². The van der Waals surface area contributed by atoms with E-state index in [-0.39, 0.29) is 45.6 Å². The molecule has 0 fully saturated rings. The molecule has 2 unspecified atom stereocenters. The average molecular weight is 1190 g/mol. The van der Waals surface area contributed by atoms with Gasteiger partial charge in [-0.1, -0.05) is 134 Å². The van der Waals surface area contributed by atoms with E-state index in [4.69, 9.17) is 29.9 Å². The number of benzene rings is 6. The van der Waals surface area contributed by atoms with E-state index in [9.17, 15) is 44.0 Å². The number of allylic oxidation sites excluding steroid dienone is 4. The summed E-state index contributed by atoms with van der Waals surface area (Å²) in [6, 6.07) is 28.9. The van der Waals surface area contributed by atoms with Crippen molar-refractivity contribution in [2.45, 2.75) is 33.1 Å². The lowest BCUT2D eigenvalue weighted by molar-refractivity contribution is 0.466. The first-order valence-corrected chi connectivity index (χ1v) is 30.6. The molecule has 0 spiro atoms. The summed E-state index contributed by atoms with van der Waals surface area (Å²) in [4.78, 5) is 34.3. The number of aromatic nitrogens is 8. The molecule has 9 aromatic rings. The van der Waals surface area contributed by atoms with Crippen LogP contribution in [0.5, 0.6) is 5.75 Å². The van der Waals surface area contributed by atoms with Gasteiger partial charge in [0.05, 0.1) is 21.7 Å². The van der Waals surface area contributed by atoms with Crippen LogP contribution in [0.25, 0.3) is 101 Å². The van der Waals surface area contributed by atoms with E-state index in [0.717, 1.165) is 17.5 Å². The maximum absolute atomic E-state index is 15.2. The fourth-order valence-electron chi connectivity index (χ4n) is 10.1. The monoisotopic (exact) mass is 1190 g/mol. The standard InChI is InChI=1S/C56H39N11O12S4/c1-55(82(75,76)67-42-28-31(80(69,70)71)26-30-27-43(81(72,73)74)45(46(68)44(30)42)66-65-41-17-9-11-29-10-3-4-12-32(29)41)22-18-37-38(19-23-55)52-62-51(37)60-49-35-15-7-5-13-33(35)47(58-49)57-48-34-14-6-8-16-36(34)50(59-48)61-53-39-20-24-56(2,83(77,78)79)25-21-40(39)54(63-52)64-53/h3-28,67-68H,1-2H3,(H,69,70,71)(H,72,73,74)(H,77,78,79)(H2,57,58,59,60,61,62,63,64). The summed E-state index contributed by atoms with van der Waals surface area (Å²) in [5, 5.41) is 21.9. The number of H-pyrrole nitrogens is 2. The summed E-state index contributed by atoms with van der Waals surface area (Å²) in [6.07, 6.45) is 11.0. The van der Waals surface area contributed by atoms with Gasteiger partial charge in [0.15, 0.2) is 29.0 Å². The van der Waals surface area contributed by atoms with Crippen LogP contribution in [0, 0.1) is 0 Å². The van der Waals surface area contributed by atoms with E-state index in [0.29, 0.717) is 61.6 Å². The Kier molecular flexibility index (Phi) is 11.8. The summed E-state index contributed by atoms with van der Waals surface area (Å²) in [5.41, 5.74) is 2.12. The van der Waals surface area contributed by atoms with Crippen LogP contribution in [-0.2, 0) is 40.4 Å². The second kappa shape index (κ2) is 18.5. The molecule has 4 aliphatic rings. The lowest BCUT2D eigenvalue weighted by Crippen LogP contribution is -2.36. The van der Waals surface area contributed by atoms with E-state index in [1.54, 1.807) is 42.5 Å².